The van der Waals surface area contributed by atoms with Crippen molar-refractivity contribution >= 4 is 5.69 Å². The number of hydrogen-bond donors (Lipinski definition) is 2. The third kappa shape index (κ3) is 2.36. The Kier molecular flexibility index (Phi) is 3.46. The second-order valence-corrected chi connectivity index (χ2v) is 4.73. The molecule has 2 atom stereocenters. The molecule has 0 amide bonds. The van der Waals surface area contributed by atoms with Crippen molar-refractivity contribution in [1.29, 1.82) is 0 Å². The lowest BCUT2D eigenvalue weighted by atomic mass is 9.94. The molecule has 1 heterocycles. The van der Waals surface area contributed by atoms with Gasteiger partial charge < -0.3 is 15.7 Å². The molecule has 2 unspecified atom stereocenters. The summed E-state index contributed by atoms with van der Waals surface area (Å²) in [5, 5.41) is 9.66. The van der Waals surface area contributed by atoms with E-state index in [1.165, 1.54) is 11.3 Å². The van der Waals surface area contributed by atoms with Crippen molar-refractivity contribution in [2.24, 2.45) is 11.7 Å². The summed E-state index contributed by atoms with van der Waals surface area (Å²) in [6.45, 7) is 4.22. The first-order chi connectivity index (χ1) is 7.70. The summed E-state index contributed by atoms with van der Waals surface area (Å²) in [6, 6.07) is 8.43. The van der Waals surface area contributed by atoms with Crippen molar-refractivity contribution in [2.45, 2.75) is 19.4 Å². The molecule has 1 aromatic carbocycles. The van der Waals surface area contributed by atoms with E-state index in [1.54, 1.807) is 0 Å². The van der Waals surface area contributed by atoms with Crippen molar-refractivity contribution in [3.63, 3.8) is 0 Å². The zero-order chi connectivity index (χ0) is 11.5. The highest BCUT2D eigenvalue weighted by molar-refractivity contribution is 5.55. The summed E-state index contributed by atoms with van der Waals surface area (Å²) in [5.41, 5.74) is 8.10. The van der Waals surface area contributed by atoms with Crippen molar-refractivity contribution in [3.05, 3.63) is 29.8 Å². The standard InChI is InChI=1S/C13H20N2O/c1-10-6-11-4-2-3-5-13(11)15(8-10)9-12(16)7-14/h2-5,10,12,16H,6-9,14H2,1H3. The average molecular weight is 220 g/mol. The number of para-hydroxylation sites is 1. The molecule has 3 heteroatoms. The maximum absolute atomic E-state index is 9.66. The van der Waals surface area contributed by atoms with Gasteiger partial charge in [0, 0.05) is 25.3 Å². The minimum Gasteiger partial charge on any atom is -0.390 e. The Morgan fingerprint density at radius 3 is 3.00 bits per heavy atom. The molecule has 0 fully saturated rings. The van der Waals surface area contributed by atoms with Crippen LogP contribution in [0.15, 0.2) is 24.3 Å². The number of aliphatic hydroxyl groups is 1. The summed E-state index contributed by atoms with van der Waals surface area (Å²) < 4.78 is 0. The normalized spacial score (nSPS) is 21.7. The first kappa shape index (κ1) is 11.4. The van der Waals surface area contributed by atoms with Gasteiger partial charge in [-0.3, -0.25) is 0 Å². The third-order valence-corrected chi connectivity index (χ3v) is 3.14. The lowest BCUT2D eigenvalue weighted by Gasteiger charge is -2.35. The molecule has 0 saturated heterocycles. The fourth-order valence-corrected chi connectivity index (χ4v) is 2.41. The lowest BCUT2D eigenvalue weighted by Crippen LogP contribution is -2.41. The van der Waals surface area contributed by atoms with Gasteiger partial charge in [-0.05, 0) is 24.0 Å². The van der Waals surface area contributed by atoms with E-state index >= 15 is 0 Å². The van der Waals surface area contributed by atoms with Crippen LogP contribution in [-0.2, 0) is 6.42 Å². The zero-order valence-corrected chi connectivity index (χ0v) is 9.76. The topological polar surface area (TPSA) is 49.5 Å². The van der Waals surface area contributed by atoms with E-state index in [0.29, 0.717) is 19.0 Å². The van der Waals surface area contributed by atoms with Crippen LogP contribution in [0.25, 0.3) is 0 Å². The van der Waals surface area contributed by atoms with Gasteiger partial charge in [0.1, 0.15) is 0 Å². The second-order valence-electron chi connectivity index (χ2n) is 4.73. The van der Waals surface area contributed by atoms with Gasteiger partial charge in [0.05, 0.1) is 6.10 Å². The minimum absolute atomic E-state index is 0.326. The van der Waals surface area contributed by atoms with Crippen LogP contribution in [-0.4, -0.2) is 30.8 Å². The van der Waals surface area contributed by atoms with Crippen molar-refractivity contribution in [2.75, 3.05) is 24.5 Å². The van der Waals surface area contributed by atoms with Gasteiger partial charge in [0.15, 0.2) is 0 Å². The Morgan fingerprint density at radius 1 is 1.50 bits per heavy atom. The Morgan fingerprint density at radius 2 is 2.25 bits per heavy atom. The number of fused-ring (bicyclic) bond motifs is 1. The van der Waals surface area contributed by atoms with E-state index in [1.807, 2.05) is 0 Å². The van der Waals surface area contributed by atoms with Gasteiger partial charge >= 0.3 is 0 Å². The molecular weight excluding hydrogens is 200 g/mol. The number of anilines is 1. The molecule has 2 rings (SSSR count). The molecule has 88 valence electrons. The summed E-state index contributed by atoms with van der Waals surface area (Å²) in [7, 11) is 0. The number of benzene rings is 1. The quantitative estimate of drug-likeness (QED) is 0.799. The number of hydrogen-bond acceptors (Lipinski definition) is 3. The van der Waals surface area contributed by atoms with Gasteiger partial charge in [0.25, 0.3) is 0 Å². The fourth-order valence-electron chi connectivity index (χ4n) is 2.41. The van der Waals surface area contributed by atoms with Crippen LogP contribution in [0.5, 0.6) is 0 Å². The van der Waals surface area contributed by atoms with Crippen LogP contribution in [0.4, 0.5) is 5.69 Å². The molecule has 1 aliphatic heterocycles. The maximum atomic E-state index is 9.66. The molecule has 0 radical (unpaired) electrons. The monoisotopic (exact) mass is 220 g/mol. The first-order valence-electron chi connectivity index (χ1n) is 5.91. The summed E-state index contributed by atoms with van der Waals surface area (Å²) in [4.78, 5) is 2.25. The number of aliphatic hydroxyl groups excluding tert-OH is 1. The Hall–Kier alpha value is -1.06. The van der Waals surface area contributed by atoms with Crippen LogP contribution in [0.2, 0.25) is 0 Å². The minimum atomic E-state index is -0.432. The molecule has 0 aliphatic carbocycles. The Labute approximate surface area is 96.9 Å². The van der Waals surface area contributed by atoms with Crippen molar-refractivity contribution in [1.82, 2.24) is 0 Å². The first-order valence-corrected chi connectivity index (χ1v) is 5.91. The molecule has 0 spiro atoms. The average Bonchev–Trinajstić information content (AvgIpc) is 2.28. The largest absolute Gasteiger partial charge is 0.390 e. The molecule has 1 aliphatic rings. The molecule has 1 aromatic rings. The number of rotatable bonds is 3. The number of β-amino-alcohol motifs (C(OH)–C–C–N with tert-alkyl or cyclic N) is 1. The Bertz CT molecular complexity index is 354. The summed E-state index contributed by atoms with van der Waals surface area (Å²) in [6.07, 6.45) is 0.698. The third-order valence-electron chi connectivity index (χ3n) is 3.14. The van der Waals surface area contributed by atoms with Gasteiger partial charge in [-0.25, -0.2) is 0 Å². The fraction of sp³-hybridized carbons (Fsp3) is 0.538. The molecule has 0 aromatic heterocycles. The zero-order valence-electron chi connectivity index (χ0n) is 9.76. The summed E-state index contributed by atoms with van der Waals surface area (Å²) in [5.74, 6) is 0.639. The van der Waals surface area contributed by atoms with Crippen LogP contribution < -0.4 is 10.6 Å². The van der Waals surface area contributed by atoms with E-state index < -0.39 is 6.10 Å². The van der Waals surface area contributed by atoms with Gasteiger partial charge in [-0.15, -0.1) is 0 Å². The SMILES string of the molecule is CC1Cc2ccccc2N(CC(O)CN)C1. The van der Waals surface area contributed by atoms with E-state index in [0.717, 1.165) is 13.0 Å². The maximum Gasteiger partial charge on any atom is 0.0836 e. The highest BCUT2D eigenvalue weighted by atomic mass is 16.3. The van der Waals surface area contributed by atoms with E-state index in [9.17, 15) is 5.11 Å². The molecule has 3 nitrogen and oxygen atoms in total. The molecular formula is C13H20N2O. The van der Waals surface area contributed by atoms with Crippen LogP contribution in [0, 0.1) is 5.92 Å². The van der Waals surface area contributed by atoms with E-state index in [-0.39, 0.29) is 0 Å². The second kappa shape index (κ2) is 4.85. The van der Waals surface area contributed by atoms with Gasteiger partial charge in [-0.1, -0.05) is 25.1 Å². The number of nitrogens with zero attached hydrogens (tertiary/aromatic N) is 1. The highest BCUT2D eigenvalue weighted by Crippen LogP contribution is 2.29. The van der Waals surface area contributed by atoms with Crippen molar-refractivity contribution < 1.29 is 5.11 Å². The van der Waals surface area contributed by atoms with Gasteiger partial charge in [-0.2, -0.15) is 0 Å². The number of nitrogens with two attached hydrogens (primary N) is 1. The predicted molar refractivity (Wildman–Crippen MR) is 66.6 cm³/mol. The summed E-state index contributed by atoms with van der Waals surface area (Å²) >= 11 is 0. The van der Waals surface area contributed by atoms with E-state index in [2.05, 4.69) is 36.1 Å². The highest BCUT2D eigenvalue weighted by Gasteiger charge is 2.22. The van der Waals surface area contributed by atoms with Crippen LogP contribution in [0.1, 0.15) is 12.5 Å². The predicted octanol–water partition coefficient (Wildman–Crippen LogP) is 1.00. The Balaban J connectivity index is 2.20. The van der Waals surface area contributed by atoms with Crippen LogP contribution in [0.3, 0.4) is 0 Å². The van der Waals surface area contributed by atoms with Crippen LogP contribution >= 0.6 is 0 Å². The molecule has 3 N–H and O–H groups in total. The van der Waals surface area contributed by atoms with E-state index in [4.69, 9.17) is 5.73 Å². The molecule has 0 saturated carbocycles. The van der Waals surface area contributed by atoms with Gasteiger partial charge in [0.2, 0.25) is 0 Å². The molecule has 0 bridgehead atoms. The molecule has 16 heavy (non-hydrogen) atoms. The smallest absolute Gasteiger partial charge is 0.0836 e. The van der Waals surface area contributed by atoms with Crippen molar-refractivity contribution in [3.8, 4) is 0 Å². The lowest BCUT2D eigenvalue weighted by molar-refractivity contribution is 0.186.